The second-order valence-electron chi connectivity index (χ2n) is 5.02. The zero-order valence-electron chi connectivity index (χ0n) is 12.5. The summed E-state index contributed by atoms with van der Waals surface area (Å²) in [5.74, 6) is 3.34. The highest BCUT2D eigenvalue weighted by atomic mass is 32.1. The predicted octanol–water partition coefficient (Wildman–Crippen LogP) is 4.12. The van der Waals surface area contributed by atoms with Gasteiger partial charge in [0.15, 0.2) is 0 Å². The molecule has 110 valence electrons. The van der Waals surface area contributed by atoms with Gasteiger partial charge in [0.1, 0.15) is 22.2 Å². The lowest BCUT2D eigenvalue weighted by atomic mass is 10.1. The Labute approximate surface area is 127 Å². The summed E-state index contributed by atoms with van der Waals surface area (Å²) in [4.78, 5) is 9.97. The highest BCUT2D eigenvalue weighted by Crippen LogP contribution is 2.30. The zero-order chi connectivity index (χ0) is 15.0. The van der Waals surface area contributed by atoms with Crippen molar-refractivity contribution in [2.75, 3.05) is 17.7 Å². The molecule has 21 heavy (non-hydrogen) atoms. The minimum absolute atomic E-state index is 0.116. The predicted molar refractivity (Wildman–Crippen MR) is 87.2 cm³/mol. The van der Waals surface area contributed by atoms with Crippen molar-refractivity contribution in [3.05, 3.63) is 34.6 Å². The molecule has 0 aliphatic carbocycles. The van der Waals surface area contributed by atoms with E-state index in [1.54, 1.807) is 11.3 Å². The van der Waals surface area contributed by atoms with Crippen molar-refractivity contribution >= 4 is 33.3 Å². The first-order chi connectivity index (χ1) is 10.1. The summed E-state index contributed by atoms with van der Waals surface area (Å²) in [6.07, 6.45) is 0. The van der Waals surface area contributed by atoms with Crippen molar-refractivity contribution in [2.24, 2.45) is 0 Å². The normalized spacial score (nSPS) is 12.6. The summed E-state index contributed by atoms with van der Waals surface area (Å²) in [5, 5.41) is 9.55. The van der Waals surface area contributed by atoms with Gasteiger partial charge in [0.2, 0.25) is 5.95 Å². The first kappa shape index (κ1) is 13.9. The summed E-state index contributed by atoms with van der Waals surface area (Å²) in [5.41, 5.74) is 1.15. The molecule has 3 heterocycles. The molecule has 3 rings (SSSR count). The minimum atomic E-state index is 0.116. The van der Waals surface area contributed by atoms with Gasteiger partial charge < -0.3 is 15.1 Å². The van der Waals surface area contributed by atoms with Crippen LogP contribution >= 0.6 is 11.3 Å². The van der Waals surface area contributed by atoms with Crippen molar-refractivity contribution in [1.29, 1.82) is 0 Å². The van der Waals surface area contributed by atoms with E-state index in [1.165, 1.54) is 0 Å². The van der Waals surface area contributed by atoms with E-state index in [2.05, 4.69) is 33.6 Å². The van der Waals surface area contributed by atoms with Gasteiger partial charge in [-0.3, -0.25) is 0 Å². The first-order valence-corrected chi connectivity index (χ1v) is 7.73. The van der Waals surface area contributed by atoms with Crippen LogP contribution in [0.15, 0.2) is 21.9 Å². The van der Waals surface area contributed by atoms with Crippen LogP contribution in [0, 0.1) is 13.8 Å². The maximum absolute atomic E-state index is 5.61. The Morgan fingerprint density at radius 1 is 1.29 bits per heavy atom. The summed E-state index contributed by atoms with van der Waals surface area (Å²) < 4.78 is 5.61. The van der Waals surface area contributed by atoms with Gasteiger partial charge in [-0.1, -0.05) is 0 Å². The molecule has 0 aromatic carbocycles. The van der Waals surface area contributed by atoms with E-state index in [0.717, 1.165) is 33.1 Å². The Balaban J connectivity index is 1.97. The molecule has 1 unspecified atom stereocenters. The molecule has 0 aliphatic rings. The number of aryl methyl sites for hydroxylation is 2. The Hall–Kier alpha value is -2.08. The quantitative estimate of drug-likeness (QED) is 0.759. The molecule has 0 spiro atoms. The molecule has 0 saturated carbocycles. The van der Waals surface area contributed by atoms with Crippen LogP contribution in [0.1, 0.15) is 30.0 Å². The maximum atomic E-state index is 5.61. The third-order valence-electron chi connectivity index (χ3n) is 3.45. The number of hydrogen-bond acceptors (Lipinski definition) is 6. The number of aromatic nitrogens is 2. The van der Waals surface area contributed by atoms with Crippen LogP contribution in [0.25, 0.3) is 10.2 Å². The third kappa shape index (κ3) is 2.58. The van der Waals surface area contributed by atoms with Crippen LogP contribution in [-0.2, 0) is 0 Å². The molecule has 5 nitrogen and oxygen atoms in total. The van der Waals surface area contributed by atoms with Gasteiger partial charge in [0.05, 0.1) is 11.4 Å². The number of rotatable bonds is 4. The van der Waals surface area contributed by atoms with Crippen LogP contribution in [0.3, 0.4) is 0 Å². The number of anilines is 2. The lowest BCUT2D eigenvalue weighted by molar-refractivity contribution is 0.500. The molecule has 0 aliphatic heterocycles. The van der Waals surface area contributed by atoms with Crippen molar-refractivity contribution in [3.63, 3.8) is 0 Å². The molecular formula is C15H18N4OS. The fourth-order valence-electron chi connectivity index (χ4n) is 2.44. The molecule has 0 radical (unpaired) electrons. The third-order valence-corrected chi connectivity index (χ3v) is 4.25. The lowest BCUT2D eigenvalue weighted by Gasteiger charge is -2.15. The number of hydrogen-bond donors (Lipinski definition) is 2. The van der Waals surface area contributed by atoms with Crippen molar-refractivity contribution in [2.45, 2.75) is 26.8 Å². The largest absolute Gasteiger partial charge is 0.466 e. The molecule has 0 saturated heterocycles. The number of nitrogens with zero attached hydrogens (tertiary/aromatic N) is 2. The monoisotopic (exact) mass is 302 g/mol. The summed E-state index contributed by atoms with van der Waals surface area (Å²) in [7, 11) is 1.82. The van der Waals surface area contributed by atoms with Crippen LogP contribution in [0.2, 0.25) is 0 Å². The summed E-state index contributed by atoms with van der Waals surface area (Å²) >= 11 is 1.61. The van der Waals surface area contributed by atoms with Crippen LogP contribution in [-0.4, -0.2) is 17.0 Å². The minimum Gasteiger partial charge on any atom is -0.466 e. The van der Waals surface area contributed by atoms with Gasteiger partial charge in [0.25, 0.3) is 0 Å². The van der Waals surface area contributed by atoms with Crippen molar-refractivity contribution in [3.8, 4) is 0 Å². The van der Waals surface area contributed by atoms with Gasteiger partial charge in [0, 0.05) is 12.6 Å². The van der Waals surface area contributed by atoms with E-state index in [4.69, 9.17) is 4.42 Å². The summed E-state index contributed by atoms with van der Waals surface area (Å²) in [6, 6.07) is 4.23. The molecule has 6 heteroatoms. The standard InChI is InChI=1S/C15H18N4OS/c1-8-7-12(10(3)20-8)9(2)17-13-11-5-6-21-14(11)19-15(16-4)18-13/h5-7,9H,1-4H3,(H2,16,17,18,19). The van der Waals surface area contributed by atoms with Crippen LogP contribution in [0.4, 0.5) is 11.8 Å². The average molecular weight is 302 g/mol. The molecule has 0 amide bonds. The average Bonchev–Trinajstić information content (AvgIpc) is 3.04. The highest BCUT2D eigenvalue weighted by molar-refractivity contribution is 7.16. The van der Waals surface area contributed by atoms with E-state index in [0.29, 0.717) is 5.95 Å². The molecule has 0 fully saturated rings. The van der Waals surface area contributed by atoms with E-state index >= 15 is 0 Å². The molecule has 0 bridgehead atoms. The van der Waals surface area contributed by atoms with E-state index in [9.17, 15) is 0 Å². The summed E-state index contributed by atoms with van der Waals surface area (Å²) in [6.45, 7) is 6.06. The topological polar surface area (TPSA) is 63.0 Å². The SMILES string of the molecule is CNc1nc(NC(C)c2cc(C)oc2C)c2ccsc2n1. The Morgan fingerprint density at radius 3 is 2.76 bits per heavy atom. The second-order valence-corrected chi connectivity index (χ2v) is 5.91. The number of fused-ring (bicyclic) bond motifs is 1. The number of furan rings is 1. The molecule has 1 atom stereocenters. The highest BCUT2D eigenvalue weighted by Gasteiger charge is 2.15. The molecule has 3 aromatic rings. The van der Waals surface area contributed by atoms with Gasteiger partial charge in [-0.15, -0.1) is 11.3 Å². The van der Waals surface area contributed by atoms with E-state index in [1.807, 2.05) is 32.3 Å². The Morgan fingerprint density at radius 2 is 2.10 bits per heavy atom. The van der Waals surface area contributed by atoms with Crippen LogP contribution < -0.4 is 10.6 Å². The maximum Gasteiger partial charge on any atom is 0.225 e. The van der Waals surface area contributed by atoms with Crippen molar-refractivity contribution < 1.29 is 4.42 Å². The lowest BCUT2D eigenvalue weighted by Crippen LogP contribution is -2.10. The first-order valence-electron chi connectivity index (χ1n) is 6.85. The van der Waals surface area contributed by atoms with E-state index < -0.39 is 0 Å². The molecule has 3 aromatic heterocycles. The van der Waals surface area contributed by atoms with Gasteiger partial charge >= 0.3 is 0 Å². The second kappa shape index (κ2) is 5.37. The van der Waals surface area contributed by atoms with Gasteiger partial charge in [-0.25, -0.2) is 4.98 Å². The van der Waals surface area contributed by atoms with Crippen molar-refractivity contribution in [1.82, 2.24) is 9.97 Å². The Bertz CT molecular complexity index is 777. The Kier molecular flexibility index (Phi) is 3.55. The fraction of sp³-hybridized carbons (Fsp3) is 0.333. The van der Waals surface area contributed by atoms with Crippen LogP contribution in [0.5, 0.6) is 0 Å². The molecular weight excluding hydrogens is 284 g/mol. The fourth-order valence-corrected chi connectivity index (χ4v) is 3.20. The molecule has 2 N–H and O–H groups in total. The zero-order valence-corrected chi connectivity index (χ0v) is 13.3. The number of nitrogens with one attached hydrogen (secondary N) is 2. The van der Waals surface area contributed by atoms with Gasteiger partial charge in [-0.05, 0) is 38.3 Å². The number of thiophene rings is 1. The van der Waals surface area contributed by atoms with Gasteiger partial charge in [-0.2, -0.15) is 4.98 Å². The van der Waals surface area contributed by atoms with E-state index in [-0.39, 0.29) is 6.04 Å². The smallest absolute Gasteiger partial charge is 0.225 e.